The molecule has 2 rings (SSSR count). The molecule has 7 heteroatoms. The Labute approximate surface area is 121 Å². The molecule has 2 N–H and O–H groups in total. The third-order valence-corrected chi connectivity index (χ3v) is 3.48. The number of nitrogens with zero attached hydrogens (tertiary/aromatic N) is 2. The Kier molecular flexibility index (Phi) is 4.89. The number of aromatic nitrogens is 1. The predicted molar refractivity (Wildman–Crippen MR) is 81.3 cm³/mol. The number of thiophene rings is 1. The summed E-state index contributed by atoms with van der Waals surface area (Å²) in [7, 11) is 0. The number of hydrogen-bond donors (Lipinski definition) is 2. The van der Waals surface area contributed by atoms with E-state index in [2.05, 4.69) is 15.6 Å². The van der Waals surface area contributed by atoms with Gasteiger partial charge in [0.05, 0.1) is 23.6 Å². The lowest BCUT2D eigenvalue weighted by Gasteiger charge is -2.08. The van der Waals surface area contributed by atoms with Crippen molar-refractivity contribution in [2.75, 3.05) is 17.2 Å². The largest absolute Gasteiger partial charge is 0.370 e. The van der Waals surface area contributed by atoms with Crippen molar-refractivity contribution in [1.82, 2.24) is 4.98 Å². The third kappa shape index (κ3) is 3.92. The molecule has 0 aliphatic rings. The summed E-state index contributed by atoms with van der Waals surface area (Å²) in [5.41, 5.74) is 0.0345. The van der Waals surface area contributed by atoms with Gasteiger partial charge in [0.1, 0.15) is 11.6 Å². The molecule has 20 heavy (non-hydrogen) atoms. The number of hydrogen-bond acceptors (Lipinski definition) is 6. The summed E-state index contributed by atoms with van der Waals surface area (Å²) in [6, 6.07) is 6.87. The van der Waals surface area contributed by atoms with Gasteiger partial charge in [0.25, 0.3) is 5.69 Å². The van der Waals surface area contributed by atoms with Crippen molar-refractivity contribution in [2.45, 2.75) is 19.9 Å². The maximum atomic E-state index is 10.9. The lowest BCUT2D eigenvalue weighted by atomic mass is 10.3. The summed E-state index contributed by atoms with van der Waals surface area (Å²) in [4.78, 5) is 16.0. The van der Waals surface area contributed by atoms with Gasteiger partial charge in [-0.2, -0.15) is 0 Å². The van der Waals surface area contributed by atoms with Gasteiger partial charge in [-0.1, -0.05) is 13.0 Å². The Hall–Kier alpha value is -2.15. The molecule has 106 valence electrons. The van der Waals surface area contributed by atoms with Crippen molar-refractivity contribution in [1.29, 1.82) is 0 Å². The fraction of sp³-hybridized carbons (Fsp3) is 0.308. The van der Waals surface area contributed by atoms with Crippen molar-refractivity contribution in [2.24, 2.45) is 0 Å². The van der Waals surface area contributed by atoms with Crippen LogP contribution in [0.25, 0.3) is 0 Å². The smallest absolute Gasteiger partial charge is 0.276 e. The van der Waals surface area contributed by atoms with Crippen LogP contribution in [-0.4, -0.2) is 16.5 Å². The number of nitro groups is 1. The first-order valence-electron chi connectivity index (χ1n) is 6.35. The molecule has 0 fully saturated rings. The highest BCUT2D eigenvalue weighted by atomic mass is 32.1. The van der Waals surface area contributed by atoms with Gasteiger partial charge in [-0.25, -0.2) is 4.98 Å². The van der Waals surface area contributed by atoms with Gasteiger partial charge < -0.3 is 10.6 Å². The fourth-order valence-corrected chi connectivity index (χ4v) is 2.29. The first kappa shape index (κ1) is 14.3. The molecule has 6 nitrogen and oxygen atoms in total. The SMILES string of the molecule is CCCNc1cc([N+](=O)[O-])cc(NCc2cccs2)n1. The van der Waals surface area contributed by atoms with E-state index in [0.717, 1.165) is 17.8 Å². The molecule has 0 saturated carbocycles. The molecule has 0 radical (unpaired) electrons. The van der Waals surface area contributed by atoms with E-state index in [1.54, 1.807) is 11.3 Å². The van der Waals surface area contributed by atoms with Crippen LogP contribution in [0.2, 0.25) is 0 Å². The minimum Gasteiger partial charge on any atom is -0.370 e. The molecular weight excluding hydrogens is 276 g/mol. The van der Waals surface area contributed by atoms with E-state index in [4.69, 9.17) is 0 Å². The third-order valence-electron chi connectivity index (χ3n) is 2.60. The number of nitrogens with one attached hydrogen (secondary N) is 2. The molecule has 0 aliphatic heterocycles. The topological polar surface area (TPSA) is 80.1 Å². The van der Waals surface area contributed by atoms with Gasteiger partial charge >= 0.3 is 0 Å². The highest BCUT2D eigenvalue weighted by Crippen LogP contribution is 2.21. The van der Waals surface area contributed by atoms with E-state index in [9.17, 15) is 10.1 Å². The van der Waals surface area contributed by atoms with Crippen LogP contribution < -0.4 is 10.6 Å². The van der Waals surface area contributed by atoms with Crippen molar-refractivity contribution >= 4 is 28.7 Å². The van der Waals surface area contributed by atoms with Crippen LogP contribution in [0, 0.1) is 10.1 Å². The van der Waals surface area contributed by atoms with E-state index in [1.807, 2.05) is 24.4 Å². The number of rotatable bonds is 7. The molecule has 2 heterocycles. The molecule has 0 spiro atoms. The number of anilines is 2. The van der Waals surface area contributed by atoms with Crippen molar-refractivity contribution in [3.05, 3.63) is 44.6 Å². The first-order valence-corrected chi connectivity index (χ1v) is 7.23. The average molecular weight is 292 g/mol. The highest BCUT2D eigenvalue weighted by molar-refractivity contribution is 7.09. The first-order chi connectivity index (χ1) is 9.69. The average Bonchev–Trinajstić information content (AvgIpc) is 2.96. The van der Waals surface area contributed by atoms with Crippen LogP contribution in [0.15, 0.2) is 29.6 Å². The van der Waals surface area contributed by atoms with Crippen molar-refractivity contribution < 1.29 is 4.92 Å². The molecule has 2 aromatic heterocycles. The van der Waals surface area contributed by atoms with Gasteiger partial charge in [-0.3, -0.25) is 10.1 Å². The van der Waals surface area contributed by atoms with E-state index in [-0.39, 0.29) is 5.69 Å². The van der Waals surface area contributed by atoms with Gasteiger partial charge in [0.2, 0.25) is 0 Å². The Bertz CT molecular complexity index is 572. The van der Waals surface area contributed by atoms with Crippen molar-refractivity contribution in [3.8, 4) is 0 Å². The maximum Gasteiger partial charge on any atom is 0.276 e. The summed E-state index contributed by atoms with van der Waals surface area (Å²) >= 11 is 1.63. The van der Waals surface area contributed by atoms with Crippen LogP contribution in [0.4, 0.5) is 17.3 Å². The van der Waals surface area contributed by atoms with Gasteiger partial charge in [0, 0.05) is 11.4 Å². The zero-order valence-corrected chi connectivity index (χ0v) is 11.9. The molecule has 0 amide bonds. The fourth-order valence-electron chi connectivity index (χ4n) is 1.65. The molecule has 0 atom stereocenters. The normalized spacial score (nSPS) is 10.2. The van der Waals surface area contributed by atoms with E-state index < -0.39 is 4.92 Å². The summed E-state index contributed by atoms with van der Waals surface area (Å²) in [5, 5.41) is 19.1. The van der Waals surface area contributed by atoms with Crippen LogP contribution in [0.3, 0.4) is 0 Å². The molecule has 0 saturated heterocycles. The molecule has 0 bridgehead atoms. The van der Waals surface area contributed by atoms with E-state index in [0.29, 0.717) is 18.2 Å². The lowest BCUT2D eigenvalue weighted by molar-refractivity contribution is -0.384. The van der Waals surface area contributed by atoms with Gasteiger partial charge in [-0.05, 0) is 17.9 Å². The minimum atomic E-state index is -0.408. The van der Waals surface area contributed by atoms with E-state index >= 15 is 0 Å². The Morgan fingerprint density at radius 1 is 1.35 bits per heavy atom. The quantitative estimate of drug-likeness (QED) is 0.603. The Balaban J connectivity index is 2.13. The summed E-state index contributed by atoms with van der Waals surface area (Å²) < 4.78 is 0. The molecule has 0 aliphatic carbocycles. The van der Waals surface area contributed by atoms with Crippen LogP contribution in [-0.2, 0) is 6.54 Å². The zero-order valence-electron chi connectivity index (χ0n) is 11.1. The Morgan fingerprint density at radius 2 is 2.10 bits per heavy atom. The monoisotopic (exact) mass is 292 g/mol. The highest BCUT2D eigenvalue weighted by Gasteiger charge is 2.11. The standard InChI is InChI=1S/C13H16N4O2S/c1-2-5-14-12-7-10(17(18)19)8-13(16-12)15-9-11-4-3-6-20-11/h3-4,6-8H,2,5,9H2,1H3,(H2,14,15,16). The molecule has 0 aromatic carbocycles. The predicted octanol–water partition coefficient (Wildman–Crippen LogP) is 3.49. The zero-order chi connectivity index (χ0) is 14.4. The minimum absolute atomic E-state index is 0.0345. The number of pyridine rings is 1. The van der Waals surface area contributed by atoms with Crippen LogP contribution in [0.5, 0.6) is 0 Å². The van der Waals surface area contributed by atoms with Crippen molar-refractivity contribution in [3.63, 3.8) is 0 Å². The maximum absolute atomic E-state index is 10.9. The van der Waals surface area contributed by atoms with Crippen LogP contribution >= 0.6 is 11.3 Å². The summed E-state index contributed by atoms with van der Waals surface area (Å²) in [6.45, 7) is 3.37. The van der Waals surface area contributed by atoms with Gasteiger partial charge in [0.15, 0.2) is 0 Å². The van der Waals surface area contributed by atoms with Crippen LogP contribution in [0.1, 0.15) is 18.2 Å². The lowest BCUT2D eigenvalue weighted by Crippen LogP contribution is -2.06. The second-order valence-corrected chi connectivity index (χ2v) is 5.24. The second kappa shape index (κ2) is 6.85. The summed E-state index contributed by atoms with van der Waals surface area (Å²) in [5.74, 6) is 1.03. The summed E-state index contributed by atoms with van der Waals surface area (Å²) in [6.07, 6.45) is 0.933. The Morgan fingerprint density at radius 3 is 2.70 bits per heavy atom. The van der Waals surface area contributed by atoms with E-state index in [1.165, 1.54) is 12.1 Å². The molecule has 0 unspecified atom stereocenters. The van der Waals surface area contributed by atoms with Gasteiger partial charge in [-0.15, -0.1) is 11.3 Å². The second-order valence-electron chi connectivity index (χ2n) is 4.21. The molecule has 2 aromatic rings. The molecular formula is C13H16N4O2S.